The van der Waals surface area contributed by atoms with Gasteiger partial charge in [0.05, 0.1) is 12.0 Å². The highest BCUT2D eigenvalue weighted by molar-refractivity contribution is 5.93. The van der Waals surface area contributed by atoms with Crippen LogP contribution in [0, 0.1) is 13.8 Å². The van der Waals surface area contributed by atoms with Crippen molar-refractivity contribution in [3.05, 3.63) is 53.6 Å². The number of H-pyrrole nitrogens is 1. The third kappa shape index (κ3) is 2.58. The molecule has 3 aromatic heterocycles. The minimum Gasteiger partial charge on any atom is -0.346 e. The van der Waals surface area contributed by atoms with Crippen LogP contribution in [0.1, 0.15) is 46.5 Å². The average molecular weight is 323 g/mol. The summed E-state index contributed by atoms with van der Waals surface area (Å²) in [7, 11) is 0. The fraction of sp³-hybridized carbons (Fsp3) is 0.389. The van der Waals surface area contributed by atoms with Crippen molar-refractivity contribution in [2.45, 2.75) is 32.6 Å². The van der Waals surface area contributed by atoms with Gasteiger partial charge in [-0.2, -0.15) is 0 Å². The van der Waals surface area contributed by atoms with Crippen LogP contribution >= 0.6 is 0 Å². The molecule has 0 atom stereocenters. The molecular formula is C18H21N5O. The number of carbonyl (C=O) groups is 1. The van der Waals surface area contributed by atoms with Crippen molar-refractivity contribution >= 4 is 11.4 Å². The molecule has 4 rings (SSSR count). The van der Waals surface area contributed by atoms with Crippen molar-refractivity contribution in [3.8, 4) is 0 Å². The van der Waals surface area contributed by atoms with E-state index in [1.165, 1.54) is 0 Å². The number of carbonyl (C=O) groups excluding carboxylic acids is 1. The first-order chi connectivity index (χ1) is 11.6. The molecule has 3 aromatic rings. The van der Waals surface area contributed by atoms with E-state index in [4.69, 9.17) is 0 Å². The molecule has 1 fully saturated rings. The van der Waals surface area contributed by atoms with Crippen LogP contribution in [0.5, 0.6) is 0 Å². The van der Waals surface area contributed by atoms with E-state index in [-0.39, 0.29) is 5.91 Å². The van der Waals surface area contributed by atoms with Crippen LogP contribution < -0.4 is 0 Å². The first kappa shape index (κ1) is 14.9. The molecule has 1 N–H and O–H groups in total. The van der Waals surface area contributed by atoms with Crippen molar-refractivity contribution in [2.75, 3.05) is 13.1 Å². The molecule has 24 heavy (non-hydrogen) atoms. The molecule has 1 saturated heterocycles. The number of amides is 1. The van der Waals surface area contributed by atoms with Crippen LogP contribution in [-0.2, 0) is 0 Å². The van der Waals surface area contributed by atoms with Crippen LogP contribution in [0.3, 0.4) is 0 Å². The Kier molecular flexibility index (Phi) is 3.59. The summed E-state index contributed by atoms with van der Waals surface area (Å²) in [4.78, 5) is 26.9. The van der Waals surface area contributed by atoms with E-state index in [0.717, 1.165) is 48.7 Å². The smallest absolute Gasteiger partial charge is 0.272 e. The van der Waals surface area contributed by atoms with Crippen molar-refractivity contribution in [3.63, 3.8) is 0 Å². The third-order valence-electron chi connectivity index (χ3n) is 4.95. The molecule has 6 nitrogen and oxygen atoms in total. The molecule has 0 saturated carbocycles. The second-order valence-electron chi connectivity index (χ2n) is 6.51. The molecule has 1 aliphatic rings. The summed E-state index contributed by atoms with van der Waals surface area (Å²) in [6.07, 6.45) is 5.50. The second kappa shape index (κ2) is 5.78. The minimum atomic E-state index is 0.0176. The zero-order chi connectivity index (χ0) is 16.7. The van der Waals surface area contributed by atoms with Crippen LogP contribution in [0.2, 0.25) is 0 Å². The van der Waals surface area contributed by atoms with E-state index < -0.39 is 0 Å². The van der Waals surface area contributed by atoms with Gasteiger partial charge in [0.25, 0.3) is 5.91 Å². The van der Waals surface area contributed by atoms with Gasteiger partial charge in [-0.1, -0.05) is 0 Å². The number of hydrogen-bond donors (Lipinski definition) is 1. The molecule has 0 aromatic carbocycles. The zero-order valence-corrected chi connectivity index (χ0v) is 14.0. The molecule has 0 radical (unpaired) electrons. The molecule has 124 valence electrons. The van der Waals surface area contributed by atoms with Gasteiger partial charge < -0.3 is 14.3 Å². The summed E-state index contributed by atoms with van der Waals surface area (Å²) in [6, 6.07) is 5.78. The Labute approximate surface area is 140 Å². The first-order valence-electron chi connectivity index (χ1n) is 8.37. The topological polar surface area (TPSA) is 66.3 Å². The number of piperidine rings is 1. The Bertz CT molecular complexity index is 866. The Morgan fingerprint density at radius 1 is 1.29 bits per heavy atom. The summed E-state index contributed by atoms with van der Waals surface area (Å²) in [5.41, 5.74) is 3.70. The van der Waals surface area contributed by atoms with E-state index in [2.05, 4.69) is 15.0 Å². The summed E-state index contributed by atoms with van der Waals surface area (Å²) < 4.78 is 1.91. The highest BCUT2D eigenvalue weighted by Crippen LogP contribution is 2.27. The minimum absolute atomic E-state index is 0.0176. The third-order valence-corrected chi connectivity index (χ3v) is 4.95. The average Bonchev–Trinajstić information content (AvgIpc) is 3.20. The number of aromatic nitrogens is 4. The van der Waals surface area contributed by atoms with Gasteiger partial charge in [-0.05, 0) is 44.9 Å². The normalized spacial score (nSPS) is 16.0. The quantitative estimate of drug-likeness (QED) is 0.788. The van der Waals surface area contributed by atoms with E-state index in [1.54, 1.807) is 6.33 Å². The maximum absolute atomic E-state index is 12.7. The first-order valence-corrected chi connectivity index (χ1v) is 8.37. The molecule has 0 spiro atoms. The Balaban J connectivity index is 1.45. The highest BCUT2D eigenvalue weighted by atomic mass is 16.2. The number of hydrogen-bond acceptors (Lipinski definition) is 3. The fourth-order valence-corrected chi connectivity index (χ4v) is 3.34. The number of rotatable bonds is 2. The largest absolute Gasteiger partial charge is 0.346 e. The van der Waals surface area contributed by atoms with Crippen molar-refractivity contribution in [2.24, 2.45) is 0 Å². The number of imidazole rings is 1. The van der Waals surface area contributed by atoms with Gasteiger partial charge in [0.2, 0.25) is 0 Å². The standard InChI is InChI=1S/C18H21N5O/c1-12-13(2)21-17(20-12)14-5-8-22(9-6-14)18(24)16-10-15-4-3-7-23(15)11-19-16/h3-4,7,10-11,14H,5-6,8-9H2,1-2H3,(H,20,21). The van der Waals surface area contributed by atoms with Gasteiger partial charge in [0, 0.05) is 36.4 Å². The molecule has 0 unspecified atom stereocenters. The molecule has 6 heteroatoms. The Morgan fingerprint density at radius 3 is 2.79 bits per heavy atom. The van der Waals surface area contributed by atoms with Crippen LogP contribution in [0.25, 0.3) is 5.52 Å². The molecule has 1 aliphatic heterocycles. The highest BCUT2D eigenvalue weighted by Gasteiger charge is 2.27. The van der Waals surface area contributed by atoms with Crippen LogP contribution in [0.15, 0.2) is 30.7 Å². The summed E-state index contributed by atoms with van der Waals surface area (Å²) >= 11 is 0. The molecule has 0 bridgehead atoms. The fourth-order valence-electron chi connectivity index (χ4n) is 3.34. The SMILES string of the molecule is Cc1nc(C2CCN(C(=O)c3cc4cccn4cn3)CC2)[nH]c1C. The maximum atomic E-state index is 12.7. The number of aryl methyl sites for hydroxylation is 2. The van der Waals surface area contributed by atoms with Gasteiger partial charge in [-0.15, -0.1) is 0 Å². The van der Waals surface area contributed by atoms with Gasteiger partial charge in [0.1, 0.15) is 11.5 Å². The van der Waals surface area contributed by atoms with Gasteiger partial charge in [-0.25, -0.2) is 9.97 Å². The molecule has 4 heterocycles. The summed E-state index contributed by atoms with van der Waals surface area (Å²) in [5.74, 6) is 1.48. The van der Waals surface area contributed by atoms with E-state index in [9.17, 15) is 4.79 Å². The van der Waals surface area contributed by atoms with Crippen molar-refractivity contribution in [1.82, 2.24) is 24.3 Å². The number of nitrogens with one attached hydrogen (secondary N) is 1. The van der Waals surface area contributed by atoms with Gasteiger partial charge in [0.15, 0.2) is 0 Å². The summed E-state index contributed by atoms with van der Waals surface area (Å²) in [5, 5.41) is 0. The lowest BCUT2D eigenvalue weighted by atomic mass is 9.96. The Hall–Kier alpha value is -2.63. The van der Waals surface area contributed by atoms with E-state index in [1.807, 2.05) is 47.5 Å². The second-order valence-corrected chi connectivity index (χ2v) is 6.51. The van der Waals surface area contributed by atoms with Gasteiger partial charge >= 0.3 is 0 Å². The monoisotopic (exact) mass is 323 g/mol. The lowest BCUT2D eigenvalue weighted by molar-refractivity contribution is 0.0705. The van der Waals surface area contributed by atoms with Crippen molar-refractivity contribution in [1.29, 1.82) is 0 Å². The number of fused-ring (bicyclic) bond motifs is 1. The number of aromatic amines is 1. The summed E-state index contributed by atoms with van der Waals surface area (Å²) in [6.45, 7) is 5.57. The van der Waals surface area contributed by atoms with Crippen LogP contribution in [-0.4, -0.2) is 43.2 Å². The Morgan fingerprint density at radius 2 is 2.08 bits per heavy atom. The molecular weight excluding hydrogens is 302 g/mol. The molecule has 0 aliphatic carbocycles. The predicted molar refractivity (Wildman–Crippen MR) is 91.1 cm³/mol. The van der Waals surface area contributed by atoms with Crippen molar-refractivity contribution < 1.29 is 4.79 Å². The number of nitrogens with zero attached hydrogens (tertiary/aromatic N) is 4. The number of likely N-dealkylation sites (tertiary alicyclic amines) is 1. The lowest BCUT2D eigenvalue weighted by Crippen LogP contribution is -2.38. The maximum Gasteiger partial charge on any atom is 0.272 e. The van der Waals surface area contributed by atoms with Crippen LogP contribution in [0.4, 0.5) is 0 Å². The molecule has 1 amide bonds. The van der Waals surface area contributed by atoms with E-state index >= 15 is 0 Å². The van der Waals surface area contributed by atoms with E-state index in [0.29, 0.717) is 11.6 Å². The lowest BCUT2D eigenvalue weighted by Gasteiger charge is -2.31. The zero-order valence-electron chi connectivity index (χ0n) is 14.0. The predicted octanol–water partition coefficient (Wildman–Crippen LogP) is 2.69. The van der Waals surface area contributed by atoms with Gasteiger partial charge in [-0.3, -0.25) is 4.79 Å².